The van der Waals surface area contributed by atoms with Gasteiger partial charge in [-0.1, -0.05) is 18.2 Å². The van der Waals surface area contributed by atoms with E-state index in [-0.39, 0.29) is 5.97 Å². The summed E-state index contributed by atoms with van der Waals surface area (Å²) in [5.41, 5.74) is -0.395. The summed E-state index contributed by atoms with van der Waals surface area (Å²) < 4.78 is 5.15. The smallest absolute Gasteiger partial charge is 0.330 e. The molecule has 0 saturated carbocycles. The largest absolute Gasteiger partial charge is 0.457 e. The molecule has 0 radical (unpaired) electrons. The molecule has 0 aliphatic rings. The van der Waals surface area contributed by atoms with Gasteiger partial charge in [0.2, 0.25) is 0 Å². The van der Waals surface area contributed by atoms with Gasteiger partial charge in [0.1, 0.15) is 5.60 Å². The highest BCUT2D eigenvalue weighted by molar-refractivity contribution is 5.82. The fourth-order valence-corrected chi connectivity index (χ4v) is 1.21. The molecule has 2 heteroatoms. The highest BCUT2D eigenvalue weighted by Gasteiger charge is 2.13. The van der Waals surface area contributed by atoms with Crippen LogP contribution >= 0.6 is 0 Å². The van der Waals surface area contributed by atoms with E-state index in [2.05, 4.69) is 12.2 Å². The molecule has 0 aliphatic carbocycles. The van der Waals surface area contributed by atoms with Gasteiger partial charge in [-0.05, 0) is 53.4 Å². The van der Waals surface area contributed by atoms with Crippen LogP contribution in [0.15, 0.2) is 24.3 Å². The summed E-state index contributed by atoms with van der Waals surface area (Å²) in [6.45, 7) is 7.64. The molecule has 0 aromatic heterocycles. The Morgan fingerprint density at radius 1 is 1.12 bits per heavy atom. The Hall–Kier alpha value is -1.05. The number of carbonyl (C=O) groups is 1. The van der Waals surface area contributed by atoms with Gasteiger partial charge in [-0.25, -0.2) is 4.79 Å². The summed E-state index contributed by atoms with van der Waals surface area (Å²) in [7, 11) is 0. The fourth-order valence-electron chi connectivity index (χ4n) is 1.21. The first kappa shape index (κ1) is 14.9. The summed E-state index contributed by atoms with van der Waals surface area (Å²) in [6.07, 6.45) is 12.0. The molecule has 0 aromatic rings. The molecule has 0 bridgehead atoms. The van der Waals surface area contributed by atoms with Gasteiger partial charge >= 0.3 is 5.97 Å². The third kappa shape index (κ3) is 11.0. The standard InChI is InChI=1S/C14H24O2/c1-5-6-7-8-9-10-11-12-13(15)16-14(2,3)4/h5-6,11-12H,7-10H2,1-4H3/b6-5+,12-11+. The number of esters is 1. The minimum atomic E-state index is -0.395. The molecule has 0 aliphatic heterocycles. The van der Waals surface area contributed by atoms with Gasteiger partial charge in [-0.2, -0.15) is 0 Å². The maximum absolute atomic E-state index is 11.3. The summed E-state index contributed by atoms with van der Waals surface area (Å²) in [6, 6.07) is 0. The van der Waals surface area contributed by atoms with Crippen LogP contribution in [0.5, 0.6) is 0 Å². The Bertz CT molecular complexity index is 244. The molecule has 16 heavy (non-hydrogen) atoms. The first-order chi connectivity index (χ1) is 7.45. The molecule has 0 fully saturated rings. The van der Waals surface area contributed by atoms with Crippen molar-refractivity contribution in [1.82, 2.24) is 0 Å². The van der Waals surface area contributed by atoms with E-state index in [4.69, 9.17) is 4.74 Å². The van der Waals surface area contributed by atoms with Gasteiger partial charge in [0.25, 0.3) is 0 Å². The Morgan fingerprint density at radius 3 is 2.19 bits per heavy atom. The van der Waals surface area contributed by atoms with Crippen molar-refractivity contribution in [1.29, 1.82) is 0 Å². The molecule has 0 rings (SSSR count). The van der Waals surface area contributed by atoms with Crippen LogP contribution in [0.4, 0.5) is 0 Å². The van der Waals surface area contributed by atoms with E-state index in [0.717, 1.165) is 19.3 Å². The van der Waals surface area contributed by atoms with Crippen LogP contribution in [0.25, 0.3) is 0 Å². The molecule has 0 saturated heterocycles. The number of rotatable bonds is 6. The van der Waals surface area contributed by atoms with Gasteiger partial charge in [-0.3, -0.25) is 0 Å². The Balaban J connectivity index is 3.57. The number of hydrogen-bond acceptors (Lipinski definition) is 2. The van der Waals surface area contributed by atoms with Gasteiger partial charge in [-0.15, -0.1) is 0 Å². The second-order valence-electron chi connectivity index (χ2n) is 4.79. The lowest BCUT2D eigenvalue weighted by Gasteiger charge is -2.17. The van der Waals surface area contributed by atoms with Crippen molar-refractivity contribution in [2.24, 2.45) is 0 Å². The zero-order valence-electron chi connectivity index (χ0n) is 11.0. The van der Waals surface area contributed by atoms with Crippen molar-refractivity contribution in [3.05, 3.63) is 24.3 Å². The SMILES string of the molecule is C/C=C/CCCC/C=C/C(=O)OC(C)(C)C. The average molecular weight is 224 g/mol. The molecule has 0 N–H and O–H groups in total. The molecule has 0 heterocycles. The van der Waals surface area contributed by atoms with Crippen molar-refractivity contribution in [2.75, 3.05) is 0 Å². The summed E-state index contributed by atoms with van der Waals surface area (Å²) in [5.74, 6) is -0.249. The van der Waals surface area contributed by atoms with Crippen LogP contribution in [-0.4, -0.2) is 11.6 Å². The van der Waals surface area contributed by atoms with E-state index >= 15 is 0 Å². The fraction of sp³-hybridized carbons (Fsp3) is 0.643. The first-order valence-electron chi connectivity index (χ1n) is 5.96. The topological polar surface area (TPSA) is 26.3 Å². The lowest BCUT2D eigenvalue weighted by atomic mass is 10.2. The van der Waals surface area contributed by atoms with Gasteiger partial charge in [0, 0.05) is 6.08 Å². The molecule has 0 unspecified atom stereocenters. The van der Waals surface area contributed by atoms with E-state index in [9.17, 15) is 4.79 Å². The minimum Gasteiger partial charge on any atom is -0.457 e. The summed E-state index contributed by atoms with van der Waals surface area (Å²) in [5, 5.41) is 0. The maximum atomic E-state index is 11.3. The van der Waals surface area contributed by atoms with E-state index in [1.807, 2.05) is 33.8 Å². The molecule has 0 aromatic carbocycles. The van der Waals surface area contributed by atoms with E-state index in [1.54, 1.807) is 0 Å². The van der Waals surface area contributed by atoms with Gasteiger partial charge in [0.15, 0.2) is 0 Å². The third-order valence-electron chi connectivity index (χ3n) is 1.89. The quantitative estimate of drug-likeness (QED) is 0.295. The Morgan fingerprint density at radius 2 is 1.69 bits per heavy atom. The Kier molecular flexibility index (Phi) is 7.61. The number of hydrogen-bond donors (Lipinski definition) is 0. The van der Waals surface area contributed by atoms with Crippen LogP contribution in [-0.2, 0) is 9.53 Å². The van der Waals surface area contributed by atoms with Crippen LogP contribution in [0.1, 0.15) is 53.4 Å². The van der Waals surface area contributed by atoms with Crippen molar-refractivity contribution in [3.63, 3.8) is 0 Å². The van der Waals surface area contributed by atoms with Crippen LogP contribution in [0.2, 0.25) is 0 Å². The highest BCUT2D eigenvalue weighted by atomic mass is 16.6. The maximum Gasteiger partial charge on any atom is 0.330 e. The lowest BCUT2D eigenvalue weighted by Crippen LogP contribution is -2.22. The van der Waals surface area contributed by atoms with Crippen molar-refractivity contribution in [2.45, 2.75) is 59.0 Å². The van der Waals surface area contributed by atoms with Crippen molar-refractivity contribution >= 4 is 5.97 Å². The van der Waals surface area contributed by atoms with Crippen LogP contribution < -0.4 is 0 Å². The second kappa shape index (κ2) is 8.14. The number of unbranched alkanes of at least 4 members (excludes halogenated alkanes) is 3. The predicted octanol–water partition coefficient (Wildman–Crippen LogP) is 4.02. The number of ether oxygens (including phenoxy) is 1. The van der Waals surface area contributed by atoms with Crippen molar-refractivity contribution < 1.29 is 9.53 Å². The van der Waals surface area contributed by atoms with Crippen molar-refractivity contribution in [3.8, 4) is 0 Å². The normalized spacial score (nSPS) is 12.5. The second-order valence-corrected chi connectivity index (χ2v) is 4.79. The third-order valence-corrected chi connectivity index (χ3v) is 1.89. The summed E-state index contributed by atoms with van der Waals surface area (Å²) in [4.78, 5) is 11.3. The predicted molar refractivity (Wildman–Crippen MR) is 68.3 cm³/mol. The van der Waals surface area contributed by atoms with Gasteiger partial charge < -0.3 is 4.74 Å². The first-order valence-corrected chi connectivity index (χ1v) is 5.96. The van der Waals surface area contributed by atoms with Gasteiger partial charge in [0.05, 0.1) is 0 Å². The van der Waals surface area contributed by atoms with Crippen LogP contribution in [0.3, 0.4) is 0 Å². The molecular weight excluding hydrogens is 200 g/mol. The number of carbonyl (C=O) groups excluding carboxylic acids is 1. The zero-order valence-corrected chi connectivity index (χ0v) is 11.0. The molecule has 92 valence electrons. The highest BCUT2D eigenvalue weighted by Crippen LogP contribution is 2.07. The molecule has 0 spiro atoms. The monoisotopic (exact) mass is 224 g/mol. The van der Waals surface area contributed by atoms with E-state index in [0.29, 0.717) is 0 Å². The molecular formula is C14H24O2. The minimum absolute atomic E-state index is 0.249. The Labute approximate surface area is 99.4 Å². The average Bonchev–Trinajstić information content (AvgIpc) is 2.13. The summed E-state index contributed by atoms with van der Waals surface area (Å²) >= 11 is 0. The number of allylic oxidation sites excluding steroid dienone is 3. The van der Waals surface area contributed by atoms with Crippen LogP contribution in [0, 0.1) is 0 Å². The molecule has 0 atom stereocenters. The van der Waals surface area contributed by atoms with E-state index in [1.165, 1.54) is 12.5 Å². The molecule has 2 nitrogen and oxygen atoms in total. The lowest BCUT2D eigenvalue weighted by molar-refractivity contribution is -0.148. The molecule has 0 amide bonds. The zero-order chi connectivity index (χ0) is 12.4. The van der Waals surface area contributed by atoms with E-state index < -0.39 is 5.60 Å².